The molecule has 4 nitrogen and oxygen atoms in total. The van der Waals surface area contributed by atoms with Crippen molar-refractivity contribution in [1.82, 2.24) is 10.6 Å². The number of aryl methyl sites for hydroxylation is 1. The van der Waals surface area contributed by atoms with E-state index in [2.05, 4.69) is 28.3 Å². The summed E-state index contributed by atoms with van der Waals surface area (Å²) in [5.74, 6) is 0.0785. The van der Waals surface area contributed by atoms with Crippen molar-refractivity contribution in [2.45, 2.75) is 32.4 Å². The van der Waals surface area contributed by atoms with Crippen molar-refractivity contribution in [3.63, 3.8) is 0 Å². The summed E-state index contributed by atoms with van der Waals surface area (Å²) < 4.78 is 5.26. The van der Waals surface area contributed by atoms with Crippen LogP contribution in [0.4, 0.5) is 0 Å². The number of ether oxygens (including phenoxy) is 1. The number of rotatable bonds is 5. The molecule has 0 aliphatic carbocycles. The molecule has 1 fully saturated rings. The molecule has 100 valence electrons. The van der Waals surface area contributed by atoms with E-state index in [1.807, 2.05) is 0 Å². The van der Waals surface area contributed by atoms with Crippen molar-refractivity contribution in [1.29, 1.82) is 0 Å². The van der Waals surface area contributed by atoms with Gasteiger partial charge < -0.3 is 15.4 Å². The van der Waals surface area contributed by atoms with Gasteiger partial charge in [0.1, 0.15) is 0 Å². The molecule has 2 N–H and O–H groups in total. The maximum absolute atomic E-state index is 11.7. The van der Waals surface area contributed by atoms with Crippen LogP contribution in [0.3, 0.4) is 0 Å². The smallest absolute Gasteiger partial charge is 0.234 e. The van der Waals surface area contributed by atoms with Crippen LogP contribution < -0.4 is 10.6 Å². The Bertz CT molecular complexity index is 386. The molecule has 1 aromatic heterocycles. The van der Waals surface area contributed by atoms with Crippen molar-refractivity contribution in [2.75, 3.05) is 19.8 Å². The van der Waals surface area contributed by atoms with E-state index in [9.17, 15) is 4.79 Å². The Morgan fingerprint density at radius 2 is 2.22 bits per heavy atom. The molecular formula is C13H20N2O2S. The summed E-state index contributed by atoms with van der Waals surface area (Å²) in [5, 5.41) is 10.5. The zero-order chi connectivity index (χ0) is 12.8. The van der Waals surface area contributed by atoms with Gasteiger partial charge in [-0.2, -0.15) is 11.3 Å². The second-order valence-corrected chi connectivity index (χ2v) is 5.38. The first kappa shape index (κ1) is 13.5. The van der Waals surface area contributed by atoms with E-state index >= 15 is 0 Å². The lowest BCUT2D eigenvalue weighted by atomic mass is 10.1. The fourth-order valence-electron chi connectivity index (χ4n) is 2.00. The quantitative estimate of drug-likeness (QED) is 0.849. The predicted octanol–water partition coefficient (Wildman–Crippen LogP) is 1.44. The Balaban J connectivity index is 1.64. The maximum Gasteiger partial charge on any atom is 0.234 e. The number of carbonyl (C=O) groups is 1. The van der Waals surface area contributed by atoms with E-state index in [1.54, 1.807) is 11.3 Å². The molecular weight excluding hydrogens is 248 g/mol. The number of nitrogens with one attached hydrogen (secondary N) is 2. The second kappa shape index (κ2) is 6.87. The van der Waals surface area contributed by atoms with Gasteiger partial charge in [0.05, 0.1) is 6.54 Å². The minimum atomic E-state index is 0.0785. The molecule has 0 unspecified atom stereocenters. The summed E-state index contributed by atoms with van der Waals surface area (Å²) in [7, 11) is 0. The van der Waals surface area contributed by atoms with Gasteiger partial charge in [0.2, 0.25) is 5.91 Å². The fraction of sp³-hybridized carbons (Fsp3) is 0.615. The van der Waals surface area contributed by atoms with Crippen molar-refractivity contribution < 1.29 is 9.53 Å². The molecule has 0 saturated carbocycles. The van der Waals surface area contributed by atoms with Crippen molar-refractivity contribution in [3.05, 3.63) is 21.9 Å². The summed E-state index contributed by atoms with van der Waals surface area (Å²) in [6, 6.07) is 0.288. The van der Waals surface area contributed by atoms with Crippen LogP contribution in [0.1, 0.15) is 24.0 Å². The molecule has 2 rings (SSSR count). The third-order valence-corrected chi connectivity index (χ3v) is 4.06. The molecule has 0 bridgehead atoms. The van der Waals surface area contributed by atoms with Gasteiger partial charge in [-0.25, -0.2) is 0 Å². The standard InChI is InChI=1S/C13H20N2O2S/c1-10-8-18-9-11(10)6-14-7-13(16)15-12-2-4-17-5-3-12/h8-9,12,14H,2-7H2,1H3,(H,15,16). The average Bonchev–Trinajstić information content (AvgIpc) is 2.76. The van der Waals surface area contributed by atoms with Crippen molar-refractivity contribution in [3.8, 4) is 0 Å². The van der Waals surface area contributed by atoms with Crippen LogP contribution in [0, 0.1) is 6.92 Å². The summed E-state index contributed by atoms with van der Waals surface area (Å²) in [6.45, 7) is 4.75. The lowest BCUT2D eigenvalue weighted by Crippen LogP contribution is -2.42. The molecule has 1 aliphatic rings. The zero-order valence-electron chi connectivity index (χ0n) is 10.7. The summed E-state index contributed by atoms with van der Waals surface area (Å²) in [5.41, 5.74) is 2.57. The Labute approximate surface area is 112 Å². The lowest BCUT2D eigenvalue weighted by molar-refractivity contribution is -0.121. The van der Waals surface area contributed by atoms with Crippen LogP contribution in [0.5, 0.6) is 0 Å². The van der Waals surface area contributed by atoms with Gasteiger partial charge in [-0.3, -0.25) is 4.79 Å². The van der Waals surface area contributed by atoms with Gasteiger partial charge in [-0.05, 0) is 41.7 Å². The van der Waals surface area contributed by atoms with Crippen LogP contribution in [0.15, 0.2) is 10.8 Å². The second-order valence-electron chi connectivity index (χ2n) is 4.64. The predicted molar refractivity (Wildman–Crippen MR) is 72.7 cm³/mol. The highest BCUT2D eigenvalue weighted by molar-refractivity contribution is 7.08. The molecule has 2 heterocycles. The van der Waals surface area contributed by atoms with E-state index in [4.69, 9.17) is 4.74 Å². The van der Waals surface area contributed by atoms with Gasteiger partial charge in [0, 0.05) is 25.8 Å². The third kappa shape index (κ3) is 4.08. The highest BCUT2D eigenvalue weighted by Gasteiger charge is 2.15. The van der Waals surface area contributed by atoms with E-state index in [-0.39, 0.29) is 11.9 Å². The van der Waals surface area contributed by atoms with E-state index in [0.29, 0.717) is 6.54 Å². The Hall–Kier alpha value is -0.910. The van der Waals surface area contributed by atoms with E-state index in [0.717, 1.165) is 32.6 Å². The van der Waals surface area contributed by atoms with Crippen LogP contribution >= 0.6 is 11.3 Å². The molecule has 1 aliphatic heterocycles. The summed E-state index contributed by atoms with van der Waals surface area (Å²) in [4.78, 5) is 11.7. The largest absolute Gasteiger partial charge is 0.381 e. The monoisotopic (exact) mass is 268 g/mol. The number of thiophene rings is 1. The van der Waals surface area contributed by atoms with Crippen molar-refractivity contribution in [2.24, 2.45) is 0 Å². The number of amides is 1. The zero-order valence-corrected chi connectivity index (χ0v) is 11.5. The van der Waals surface area contributed by atoms with E-state index in [1.165, 1.54) is 11.1 Å². The highest BCUT2D eigenvalue weighted by Crippen LogP contribution is 2.12. The lowest BCUT2D eigenvalue weighted by Gasteiger charge is -2.23. The molecule has 0 aromatic carbocycles. The summed E-state index contributed by atoms with van der Waals surface area (Å²) >= 11 is 1.70. The van der Waals surface area contributed by atoms with Crippen LogP contribution in [-0.4, -0.2) is 31.7 Å². The van der Waals surface area contributed by atoms with Gasteiger partial charge in [0.15, 0.2) is 0 Å². The van der Waals surface area contributed by atoms with Gasteiger partial charge in [-0.1, -0.05) is 0 Å². The first-order valence-corrected chi connectivity index (χ1v) is 7.29. The molecule has 5 heteroatoms. The van der Waals surface area contributed by atoms with Gasteiger partial charge in [-0.15, -0.1) is 0 Å². The first-order valence-electron chi connectivity index (χ1n) is 6.35. The number of hydrogen-bond acceptors (Lipinski definition) is 4. The normalized spacial score (nSPS) is 16.7. The SMILES string of the molecule is Cc1cscc1CNCC(=O)NC1CCOCC1. The Morgan fingerprint density at radius 3 is 2.89 bits per heavy atom. The average molecular weight is 268 g/mol. The van der Waals surface area contributed by atoms with Crippen LogP contribution in [0.2, 0.25) is 0 Å². The Morgan fingerprint density at radius 1 is 1.44 bits per heavy atom. The Kier molecular flexibility index (Phi) is 5.16. The van der Waals surface area contributed by atoms with Gasteiger partial charge >= 0.3 is 0 Å². The van der Waals surface area contributed by atoms with Crippen molar-refractivity contribution >= 4 is 17.2 Å². The van der Waals surface area contributed by atoms with Crippen LogP contribution in [0.25, 0.3) is 0 Å². The fourth-order valence-corrected chi connectivity index (χ4v) is 2.86. The molecule has 1 aromatic rings. The maximum atomic E-state index is 11.7. The molecule has 0 atom stereocenters. The topological polar surface area (TPSA) is 50.4 Å². The third-order valence-electron chi connectivity index (χ3n) is 3.15. The minimum Gasteiger partial charge on any atom is -0.381 e. The summed E-state index contributed by atoms with van der Waals surface area (Å²) in [6.07, 6.45) is 1.85. The molecule has 1 amide bonds. The number of carbonyl (C=O) groups excluding carboxylic acids is 1. The molecule has 0 spiro atoms. The highest BCUT2D eigenvalue weighted by atomic mass is 32.1. The van der Waals surface area contributed by atoms with Crippen LogP contribution in [-0.2, 0) is 16.1 Å². The number of hydrogen-bond donors (Lipinski definition) is 2. The molecule has 18 heavy (non-hydrogen) atoms. The molecule has 1 saturated heterocycles. The molecule has 0 radical (unpaired) electrons. The van der Waals surface area contributed by atoms with E-state index < -0.39 is 0 Å². The first-order chi connectivity index (χ1) is 8.75. The minimum absolute atomic E-state index is 0.0785. The van der Waals surface area contributed by atoms with Gasteiger partial charge in [0.25, 0.3) is 0 Å².